The lowest BCUT2D eigenvalue weighted by Crippen LogP contribution is -2.30. The zero-order valence-electron chi connectivity index (χ0n) is 18.3. The third-order valence-corrected chi connectivity index (χ3v) is 6.83. The topological polar surface area (TPSA) is 93.5 Å². The van der Waals surface area contributed by atoms with Crippen molar-refractivity contribution in [1.82, 2.24) is 5.32 Å². The van der Waals surface area contributed by atoms with E-state index in [4.69, 9.17) is 4.74 Å². The van der Waals surface area contributed by atoms with Crippen LogP contribution in [0, 0.1) is 10.1 Å². The molecule has 34 heavy (non-hydrogen) atoms. The maximum absolute atomic E-state index is 12.4. The Morgan fingerprint density at radius 2 is 1.82 bits per heavy atom. The number of carbonyl (C=O) groups excluding carboxylic acids is 1. The molecule has 0 saturated carbocycles. The Hall–Kier alpha value is -3.30. The third kappa shape index (κ3) is 5.98. The molecule has 1 aliphatic rings. The number of halogens is 1. The number of hydrogen-bond donors (Lipinski definition) is 2. The molecule has 1 amide bonds. The molecular weight excluding hydrogens is 518 g/mol. The van der Waals surface area contributed by atoms with Crippen LogP contribution in [0.15, 0.2) is 76.1 Å². The van der Waals surface area contributed by atoms with Gasteiger partial charge in [-0.05, 0) is 81.5 Å². The molecule has 1 atom stereocenters. The van der Waals surface area contributed by atoms with Gasteiger partial charge in [0.05, 0.1) is 14.3 Å². The molecule has 1 fully saturated rings. The van der Waals surface area contributed by atoms with E-state index in [1.807, 2.05) is 36.4 Å². The van der Waals surface area contributed by atoms with Crippen LogP contribution in [-0.2, 0) is 17.8 Å². The molecule has 7 nitrogen and oxygen atoms in total. The molecule has 3 aromatic carbocycles. The SMILES string of the molecule is CCc1ccc(N[C@H]2NC(=O)/C(=C/c3ccc(OCc4ccc([N+](=O)[O-])cc4)c(Br)c3)S2)cc1. The summed E-state index contributed by atoms with van der Waals surface area (Å²) in [4.78, 5) is 23.4. The second-order valence-electron chi connectivity index (χ2n) is 7.58. The van der Waals surface area contributed by atoms with Crippen molar-refractivity contribution in [2.45, 2.75) is 25.4 Å². The summed E-state index contributed by atoms with van der Waals surface area (Å²) in [6.07, 6.45) is 2.82. The number of rotatable bonds is 8. The van der Waals surface area contributed by atoms with Crippen LogP contribution in [-0.4, -0.2) is 16.3 Å². The summed E-state index contributed by atoms with van der Waals surface area (Å²) in [5.74, 6) is 0.515. The Labute approximate surface area is 209 Å². The Morgan fingerprint density at radius 3 is 2.47 bits per heavy atom. The zero-order chi connectivity index (χ0) is 24.1. The van der Waals surface area contributed by atoms with Gasteiger partial charge in [0.2, 0.25) is 0 Å². The molecule has 1 aliphatic heterocycles. The van der Waals surface area contributed by atoms with Crippen molar-refractivity contribution in [3.63, 3.8) is 0 Å². The number of carbonyl (C=O) groups is 1. The molecule has 0 bridgehead atoms. The molecule has 2 N–H and O–H groups in total. The predicted molar refractivity (Wildman–Crippen MR) is 139 cm³/mol. The standard InChI is InChI=1S/C25H22BrN3O4S/c1-2-16-3-8-19(9-4-16)27-25-28-24(30)23(34-25)14-18-7-12-22(21(26)13-18)33-15-17-5-10-20(11-6-17)29(31)32/h3-14,25,27H,2,15H2,1H3,(H,28,30)/b23-14-/t25-/m0/s1. The van der Waals surface area contributed by atoms with Gasteiger partial charge in [-0.3, -0.25) is 14.9 Å². The van der Waals surface area contributed by atoms with Crippen LogP contribution in [0.3, 0.4) is 0 Å². The lowest BCUT2D eigenvalue weighted by atomic mass is 10.1. The van der Waals surface area contributed by atoms with E-state index >= 15 is 0 Å². The summed E-state index contributed by atoms with van der Waals surface area (Å²) in [5, 5.41) is 17.0. The number of nitro benzene ring substituents is 1. The normalized spacial score (nSPS) is 16.4. The minimum atomic E-state index is -0.431. The molecule has 1 saturated heterocycles. The Bertz CT molecular complexity index is 1230. The fraction of sp³-hybridized carbons (Fsp3) is 0.160. The molecule has 174 valence electrons. The highest BCUT2D eigenvalue weighted by Crippen LogP contribution is 2.33. The molecule has 1 heterocycles. The molecule has 9 heteroatoms. The van der Waals surface area contributed by atoms with Crippen LogP contribution in [0.4, 0.5) is 11.4 Å². The third-order valence-electron chi connectivity index (χ3n) is 5.19. The average molecular weight is 540 g/mol. The Kier molecular flexibility index (Phi) is 7.54. The van der Waals surface area contributed by atoms with Gasteiger partial charge in [0.25, 0.3) is 11.6 Å². The lowest BCUT2D eigenvalue weighted by molar-refractivity contribution is -0.384. The monoisotopic (exact) mass is 539 g/mol. The van der Waals surface area contributed by atoms with Crippen molar-refractivity contribution >= 4 is 51.0 Å². The Morgan fingerprint density at radius 1 is 1.12 bits per heavy atom. The highest BCUT2D eigenvalue weighted by atomic mass is 79.9. The minimum absolute atomic E-state index is 0.0444. The van der Waals surface area contributed by atoms with Crippen LogP contribution in [0.5, 0.6) is 5.75 Å². The van der Waals surface area contributed by atoms with Gasteiger partial charge in [0.15, 0.2) is 5.50 Å². The van der Waals surface area contributed by atoms with Crippen LogP contribution in [0.2, 0.25) is 0 Å². The van der Waals surface area contributed by atoms with Crippen molar-refractivity contribution in [2.75, 3.05) is 5.32 Å². The fourth-order valence-electron chi connectivity index (χ4n) is 3.30. The predicted octanol–water partition coefficient (Wildman–Crippen LogP) is 6.10. The summed E-state index contributed by atoms with van der Waals surface area (Å²) in [7, 11) is 0. The number of nitrogens with one attached hydrogen (secondary N) is 2. The number of amides is 1. The first-order valence-electron chi connectivity index (χ1n) is 10.6. The summed E-state index contributed by atoms with van der Waals surface area (Å²) in [5.41, 5.74) is 3.71. The zero-order valence-corrected chi connectivity index (χ0v) is 20.7. The second kappa shape index (κ2) is 10.8. The van der Waals surface area contributed by atoms with Crippen LogP contribution >= 0.6 is 27.7 Å². The van der Waals surface area contributed by atoms with Crippen molar-refractivity contribution in [3.8, 4) is 5.75 Å². The van der Waals surface area contributed by atoms with Gasteiger partial charge in [-0.15, -0.1) is 0 Å². The first-order valence-corrected chi connectivity index (χ1v) is 12.3. The second-order valence-corrected chi connectivity index (χ2v) is 9.58. The van der Waals surface area contributed by atoms with Gasteiger partial charge in [-0.1, -0.05) is 36.9 Å². The van der Waals surface area contributed by atoms with Crippen molar-refractivity contribution < 1.29 is 14.5 Å². The van der Waals surface area contributed by atoms with E-state index in [1.165, 1.54) is 29.5 Å². The number of ether oxygens (including phenoxy) is 1. The fourth-order valence-corrected chi connectivity index (χ4v) is 4.80. The number of nitrogens with zero attached hydrogens (tertiary/aromatic N) is 1. The summed E-state index contributed by atoms with van der Waals surface area (Å²) in [6.45, 7) is 2.39. The number of anilines is 1. The van der Waals surface area contributed by atoms with E-state index in [9.17, 15) is 14.9 Å². The highest BCUT2D eigenvalue weighted by molar-refractivity contribution is 9.10. The minimum Gasteiger partial charge on any atom is -0.488 e. The maximum atomic E-state index is 12.4. The van der Waals surface area contributed by atoms with Crippen molar-refractivity contribution in [3.05, 3.63) is 103 Å². The van der Waals surface area contributed by atoms with Gasteiger partial charge in [0.1, 0.15) is 12.4 Å². The number of non-ortho nitro benzene ring substituents is 1. The number of hydrogen-bond acceptors (Lipinski definition) is 6. The molecule has 3 aromatic rings. The van der Waals surface area contributed by atoms with Gasteiger partial charge in [-0.25, -0.2) is 0 Å². The smallest absolute Gasteiger partial charge is 0.269 e. The quantitative estimate of drug-likeness (QED) is 0.204. The molecule has 0 aliphatic carbocycles. The molecular formula is C25H22BrN3O4S. The molecule has 0 radical (unpaired) electrons. The van der Waals surface area contributed by atoms with E-state index < -0.39 is 4.92 Å². The first kappa shape index (κ1) is 23.8. The Balaban J connectivity index is 1.37. The number of benzene rings is 3. The van der Waals surface area contributed by atoms with Crippen molar-refractivity contribution in [1.29, 1.82) is 0 Å². The highest BCUT2D eigenvalue weighted by Gasteiger charge is 2.27. The van der Waals surface area contributed by atoms with E-state index in [2.05, 4.69) is 45.6 Å². The molecule has 0 aromatic heterocycles. The summed E-state index contributed by atoms with van der Waals surface area (Å²) < 4.78 is 6.59. The van der Waals surface area contributed by atoms with E-state index in [0.29, 0.717) is 10.7 Å². The van der Waals surface area contributed by atoms with E-state index in [1.54, 1.807) is 12.1 Å². The van der Waals surface area contributed by atoms with Crippen LogP contribution in [0.25, 0.3) is 6.08 Å². The summed E-state index contributed by atoms with van der Waals surface area (Å²) in [6, 6.07) is 20.0. The first-order chi connectivity index (χ1) is 16.4. The van der Waals surface area contributed by atoms with Crippen molar-refractivity contribution in [2.24, 2.45) is 0 Å². The van der Waals surface area contributed by atoms with Gasteiger partial charge in [-0.2, -0.15) is 0 Å². The molecule has 0 spiro atoms. The number of aryl methyl sites for hydroxylation is 1. The van der Waals surface area contributed by atoms with Gasteiger partial charge in [0, 0.05) is 17.8 Å². The van der Waals surface area contributed by atoms with Crippen LogP contribution < -0.4 is 15.4 Å². The van der Waals surface area contributed by atoms with E-state index in [0.717, 1.165) is 27.7 Å². The maximum Gasteiger partial charge on any atom is 0.269 e. The largest absolute Gasteiger partial charge is 0.488 e. The van der Waals surface area contributed by atoms with Gasteiger partial charge < -0.3 is 15.4 Å². The molecule has 4 rings (SSSR count). The van der Waals surface area contributed by atoms with Gasteiger partial charge >= 0.3 is 0 Å². The molecule has 0 unspecified atom stereocenters. The average Bonchev–Trinajstić information content (AvgIpc) is 3.17. The van der Waals surface area contributed by atoms with Crippen LogP contribution in [0.1, 0.15) is 23.6 Å². The lowest BCUT2D eigenvalue weighted by Gasteiger charge is -2.12. The number of thioether (sulfide) groups is 1. The van der Waals surface area contributed by atoms with E-state index in [-0.39, 0.29) is 23.7 Å². The summed E-state index contributed by atoms with van der Waals surface area (Å²) >= 11 is 4.95. The number of nitro groups is 1.